The lowest BCUT2D eigenvalue weighted by Gasteiger charge is -2.32. The first-order valence-corrected chi connectivity index (χ1v) is 14.3. The van der Waals surface area contributed by atoms with Gasteiger partial charge in [-0.3, -0.25) is 14.3 Å². The first-order valence-electron chi connectivity index (χ1n) is 14.3. The smallest absolute Gasteiger partial charge is 0.280 e. The number of alkyl halides is 2. The Balaban J connectivity index is 1.23. The van der Waals surface area contributed by atoms with Crippen LogP contribution in [-0.4, -0.2) is 55.4 Å². The molecule has 0 bridgehead atoms. The molecule has 9 nitrogen and oxygen atoms in total. The summed E-state index contributed by atoms with van der Waals surface area (Å²) in [5.74, 6) is 7.52. The highest BCUT2D eigenvalue weighted by Crippen LogP contribution is 2.36. The summed E-state index contributed by atoms with van der Waals surface area (Å²) in [6.45, 7) is 1.91. The molecule has 44 heavy (non-hydrogen) atoms. The highest BCUT2D eigenvalue weighted by Gasteiger charge is 2.27. The lowest BCUT2D eigenvalue weighted by Crippen LogP contribution is -2.42. The molecular formula is C33H28F2N8O. The Bertz CT molecular complexity index is 1950. The van der Waals surface area contributed by atoms with Gasteiger partial charge in [-0.25, -0.2) is 23.7 Å². The SMILES string of the molecule is CN1CC(C#Cc2ccc3nc(-c4cccnc4N)n(-c4ccc5c(c4)CC[C@@H]5NC(=O)c4ccc(C(F)F)nc4)c3n2)C1. The molecule has 1 aliphatic carbocycles. The van der Waals surface area contributed by atoms with Crippen LogP contribution in [0.15, 0.2) is 67.0 Å². The number of hydrogen-bond donors (Lipinski definition) is 2. The average molecular weight is 591 g/mol. The predicted molar refractivity (Wildman–Crippen MR) is 162 cm³/mol. The highest BCUT2D eigenvalue weighted by atomic mass is 19.3. The molecule has 1 aliphatic heterocycles. The van der Waals surface area contributed by atoms with Crippen LogP contribution >= 0.6 is 0 Å². The van der Waals surface area contributed by atoms with E-state index < -0.39 is 6.43 Å². The van der Waals surface area contributed by atoms with Crippen molar-refractivity contribution in [2.45, 2.75) is 25.3 Å². The van der Waals surface area contributed by atoms with Gasteiger partial charge in [-0.2, -0.15) is 0 Å². The van der Waals surface area contributed by atoms with Gasteiger partial charge in [-0.15, -0.1) is 0 Å². The van der Waals surface area contributed by atoms with E-state index in [1.807, 2.05) is 41.0 Å². The molecule has 0 saturated carbocycles. The van der Waals surface area contributed by atoms with Gasteiger partial charge < -0.3 is 16.0 Å². The van der Waals surface area contributed by atoms with Crippen molar-refractivity contribution >= 4 is 22.9 Å². The number of carbonyl (C=O) groups excluding carboxylic acids is 1. The van der Waals surface area contributed by atoms with Gasteiger partial charge in [0.15, 0.2) is 11.5 Å². The normalized spacial score (nSPS) is 16.4. The number of halogens is 2. The molecule has 0 spiro atoms. The minimum absolute atomic E-state index is 0.222. The van der Waals surface area contributed by atoms with Gasteiger partial charge in [0.25, 0.3) is 12.3 Å². The van der Waals surface area contributed by atoms with Crippen molar-refractivity contribution in [2.75, 3.05) is 25.9 Å². The molecular weight excluding hydrogens is 562 g/mol. The summed E-state index contributed by atoms with van der Waals surface area (Å²) in [6, 6.07) is 15.9. The Morgan fingerprint density at radius 3 is 2.70 bits per heavy atom. The van der Waals surface area contributed by atoms with Crippen LogP contribution in [0.3, 0.4) is 0 Å². The third-order valence-corrected chi connectivity index (χ3v) is 8.09. The molecule has 0 radical (unpaired) electrons. The van der Waals surface area contributed by atoms with E-state index in [2.05, 4.69) is 45.1 Å². The molecule has 0 unspecified atom stereocenters. The number of nitrogen functional groups attached to an aromatic ring is 1. The number of benzene rings is 1. The second-order valence-corrected chi connectivity index (χ2v) is 11.2. The third kappa shape index (κ3) is 5.14. The minimum atomic E-state index is -2.69. The molecule has 1 fully saturated rings. The Hall–Kier alpha value is -5.21. The van der Waals surface area contributed by atoms with Crippen molar-refractivity contribution in [2.24, 2.45) is 5.92 Å². The maximum absolute atomic E-state index is 12.9. The monoisotopic (exact) mass is 590 g/mol. The Morgan fingerprint density at radius 1 is 1.09 bits per heavy atom. The number of aromatic nitrogens is 5. The van der Waals surface area contributed by atoms with Crippen LogP contribution in [0.5, 0.6) is 0 Å². The number of amides is 1. The summed E-state index contributed by atoms with van der Waals surface area (Å²) in [5.41, 5.74) is 11.8. The zero-order valence-electron chi connectivity index (χ0n) is 23.8. The number of carbonyl (C=O) groups is 1. The van der Waals surface area contributed by atoms with Crippen molar-refractivity contribution in [1.29, 1.82) is 0 Å². The molecule has 1 saturated heterocycles. The minimum Gasteiger partial charge on any atom is -0.383 e. The fourth-order valence-electron chi connectivity index (χ4n) is 5.83. The fraction of sp³-hybridized carbons (Fsp3) is 0.242. The number of aryl methyl sites for hydroxylation is 1. The molecule has 3 N–H and O–H groups in total. The zero-order chi connectivity index (χ0) is 30.4. The van der Waals surface area contributed by atoms with E-state index in [4.69, 9.17) is 15.7 Å². The van der Waals surface area contributed by atoms with Gasteiger partial charge in [0.2, 0.25) is 0 Å². The number of hydrogen-bond acceptors (Lipinski definition) is 7. The number of rotatable bonds is 5. The number of pyridine rings is 3. The van der Waals surface area contributed by atoms with Crippen molar-refractivity contribution < 1.29 is 13.6 Å². The van der Waals surface area contributed by atoms with E-state index in [-0.39, 0.29) is 23.2 Å². The largest absolute Gasteiger partial charge is 0.383 e. The quantitative estimate of drug-likeness (QED) is 0.285. The van der Waals surface area contributed by atoms with Crippen LogP contribution < -0.4 is 11.1 Å². The number of anilines is 1. The van der Waals surface area contributed by atoms with E-state index in [9.17, 15) is 13.6 Å². The molecule has 2 aliphatic rings. The predicted octanol–water partition coefficient (Wildman–Crippen LogP) is 4.73. The van der Waals surface area contributed by atoms with Gasteiger partial charge in [0.1, 0.15) is 22.7 Å². The second-order valence-electron chi connectivity index (χ2n) is 11.2. The topological polar surface area (TPSA) is 115 Å². The second kappa shape index (κ2) is 11.1. The molecule has 5 aromatic rings. The average Bonchev–Trinajstić information content (AvgIpc) is 3.59. The summed E-state index contributed by atoms with van der Waals surface area (Å²) in [6.07, 6.45) is 1.59. The van der Waals surface area contributed by atoms with Gasteiger partial charge in [0.05, 0.1) is 17.2 Å². The summed E-state index contributed by atoms with van der Waals surface area (Å²) >= 11 is 0. The van der Waals surface area contributed by atoms with Crippen molar-refractivity contribution in [1.82, 2.24) is 34.7 Å². The van der Waals surface area contributed by atoms with Crippen LogP contribution in [0.1, 0.15) is 51.8 Å². The first-order chi connectivity index (χ1) is 21.3. The molecule has 1 aromatic carbocycles. The first kappa shape index (κ1) is 27.6. The highest BCUT2D eigenvalue weighted by molar-refractivity contribution is 5.94. The van der Waals surface area contributed by atoms with E-state index in [1.54, 1.807) is 6.20 Å². The molecule has 7 rings (SSSR count). The Labute approximate surface area is 252 Å². The molecule has 1 atom stereocenters. The third-order valence-electron chi connectivity index (χ3n) is 8.09. The Kier molecular flexibility index (Phi) is 6.98. The lowest BCUT2D eigenvalue weighted by molar-refractivity contribution is 0.0935. The van der Waals surface area contributed by atoms with E-state index >= 15 is 0 Å². The van der Waals surface area contributed by atoms with Crippen LogP contribution in [0.4, 0.5) is 14.6 Å². The van der Waals surface area contributed by atoms with Gasteiger partial charge in [-0.1, -0.05) is 12.0 Å². The number of nitrogens with zero attached hydrogens (tertiary/aromatic N) is 6. The molecule has 220 valence electrons. The van der Waals surface area contributed by atoms with E-state index in [1.165, 1.54) is 18.3 Å². The Morgan fingerprint density at radius 2 is 1.95 bits per heavy atom. The van der Waals surface area contributed by atoms with Crippen molar-refractivity contribution in [3.05, 3.63) is 95.1 Å². The molecule has 11 heteroatoms. The van der Waals surface area contributed by atoms with E-state index in [0.29, 0.717) is 46.4 Å². The van der Waals surface area contributed by atoms with Crippen LogP contribution in [0, 0.1) is 17.8 Å². The van der Waals surface area contributed by atoms with Gasteiger partial charge in [0, 0.05) is 37.1 Å². The summed E-state index contributed by atoms with van der Waals surface area (Å²) < 4.78 is 27.7. The number of likely N-dealkylation sites (tertiary alicyclic amines) is 1. The summed E-state index contributed by atoms with van der Waals surface area (Å²) in [5, 5.41) is 3.03. The standard InChI is InChI=1S/C33H28F2N8O/c1-42-17-19(18-42)4-7-22-8-13-28-32(39-22)43(31(40-28)25-3-2-14-37-30(25)36)23-9-10-24-20(15-23)5-11-26(24)41-33(44)21-6-12-27(29(34)35)38-16-21/h2-3,6,8-10,12-16,19,26,29H,5,11,17-18H2,1H3,(H2,36,37)(H,41,44)/t26-/m0/s1. The fourth-order valence-corrected chi connectivity index (χ4v) is 5.83. The van der Waals surface area contributed by atoms with Crippen molar-refractivity contribution in [3.8, 4) is 28.9 Å². The maximum atomic E-state index is 12.9. The lowest BCUT2D eigenvalue weighted by atomic mass is 10.0. The summed E-state index contributed by atoms with van der Waals surface area (Å²) in [4.78, 5) is 32.9. The van der Waals surface area contributed by atoms with Crippen LogP contribution in [0.25, 0.3) is 28.2 Å². The number of fused-ring (bicyclic) bond motifs is 2. The zero-order valence-corrected chi connectivity index (χ0v) is 23.8. The number of imidazole rings is 1. The molecule has 4 aromatic heterocycles. The van der Waals surface area contributed by atoms with Gasteiger partial charge >= 0.3 is 0 Å². The molecule has 1 amide bonds. The van der Waals surface area contributed by atoms with Gasteiger partial charge in [-0.05, 0) is 85.5 Å². The van der Waals surface area contributed by atoms with Crippen molar-refractivity contribution in [3.63, 3.8) is 0 Å². The van der Waals surface area contributed by atoms with E-state index in [0.717, 1.165) is 36.3 Å². The number of nitrogens with one attached hydrogen (secondary N) is 1. The molecule has 5 heterocycles. The summed E-state index contributed by atoms with van der Waals surface area (Å²) in [7, 11) is 2.08. The maximum Gasteiger partial charge on any atom is 0.280 e. The van der Waals surface area contributed by atoms with Crippen LogP contribution in [-0.2, 0) is 6.42 Å². The number of nitrogens with two attached hydrogens (primary N) is 1. The van der Waals surface area contributed by atoms with Crippen LogP contribution in [0.2, 0.25) is 0 Å².